The molecule has 0 bridgehead atoms. The first-order valence-electron chi connectivity index (χ1n) is 6.61. The maximum atomic E-state index is 12.5. The van der Waals surface area contributed by atoms with Gasteiger partial charge in [0.05, 0.1) is 11.9 Å². The Kier molecular flexibility index (Phi) is 4.12. The van der Waals surface area contributed by atoms with Crippen LogP contribution in [0.1, 0.15) is 36.8 Å². The van der Waals surface area contributed by atoms with Crippen molar-refractivity contribution in [2.75, 3.05) is 5.32 Å². The van der Waals surface area contributed by atoms with E-state index in [2.05, 4.69) is 15.3 Å². The minimum atomic E-state index is -0.567. The van der Waals surface area contributed by atoms with Gasteiger partial charge in [0.1, 0.15) is 12.0 Å². The summed E-state index contributed by atoms with van der Waals surface area (Å²) in [5, 5.41) is 2.72. The Hall–Kier alpha value is -2.56. The van der Waals surface area contributed by atoms with Crippen molar-refractivity contribution in [2.24, 2.45) is 5.41 Å². The van der Waals surface area contributed by atoms with Crippen LogP contribution in [-0.2, 0) is 4.79 Å². The van der Waals surface area contributed by atoms with Gasteiger partial charge in [-0.2, -0.15) is 0 Å². The molecule has 0 aliphatic rings. The van der Waals surface area contributed by atoms with E-state index < -0.39 is 5.41 Å². The Morgan fingerprint density at radius 1 is 1.10 bits per heavy atom. The number of aromatic nitrogens is 2. The summed E-state index contributed by atoms with van der Waals surface area (Å²) < 4.78 is 0. The maximum absolute atomic E-state index is 12.5. The topological polar surface area (TPSA) is 72.0 Å². The summed E-state index contributed by atoms with van der Waals surface area (Å²) >= 11 is 0. The van der Waals surface area contributed by atoms with E-state index in [0.717, 1.165) is 0 Å². The quantitative estimate of drug-likeness (QED) is 0.879. The van der Waals surface area contributed by atoms with Crippen LogP contribution >= 0.6 is 0 Å². The van der Waals surface area contributed by atoms with Crippen LogP contribution in [-0.4, -0.2) is 21.7 Å². The van der Waals surface area contributed by atoms with Crippen LogP contribution in [0.5, 0.6) is 0 Å². The van der Waals surface area contributed by atoms with Gasteiger partial charge in [0.15, 0.2) is 0 Å². The molecule has 0 spiro atoms. The molecule has 21 heavy (non-hydrogen) atoms. The zero-order valence-electron chi connectivity index (χ0n) is 12.3. The molecule has 0 fully saturated rings. The molecule has 1 amide bonds. The van der Waals surface area contributed by atoms with E-state index >= 15 is 0 Å². The van der Waals surface area contributed by atoms with Crippen LogP contribution in [0.4, 0.5) is 5.69 Å². The summed E-state index contributed by atoms with van der Waals surface area (Å²) in [6, 6.07) is 8.81. The number of anilines is 1. The number of benzene rings is 1. The van der Waals surface area contributed by atoms with Crippen molar-refractivity contribution in [3.8, 4) is 0 Å². The largest absolute Gasteiger partial charge is 0.322 e. The first-order valence-corrected chi connectivity index (χ1v) is 6.61. The second-order valence-electron chi connectivity index (χ2n) is 5.68. The number of carbonyl (C=O) groups is 2. The third kappa shape index (κ3) is 3.51. The molecule has 0 saturated heterocycles. The van der Waals surface area contributed by atoms with Gasteiger partial charge in [0.25, 0.3) is 0 Å². The highest BCUT2D eigenvalue weighted by Crippen LogP contribution is 2.20. The zero-order chi connectivity index (χ0) is 15.5. The van der Waals surface area contributed by atoms with Crippen molar-refractivity contribution in [1.82, 2.24) is 9.97 Å². The number of hydrogen-bond donors (Lipinski definition) is 1. The van der Waals surface area contributed by atoms with Gasteiger partial charge in [-0.1, -0.05) is 51.1 Å². The van der Waals surface area contributed by atoms with E-state index in [1.165, 1.54) is 12.5 Å². The molecule has 5 heteroatoms. The van der Waals surface area contributed by atoms with E-state index in [1.54, 1.807) is 45.0 Å². The SMILES string of the molecule is CC(C)(C)C(=O)Nc1cncnc1C(=O)c1ccccc1. The van der Waals surface area contributed by atoms with Crippen molar-refractivity contribution >= 4 is 17.4 Å². The molecule has 1 heterocycles. The van der Waals surface area contributed by atoms with E-state index in [1.807, 2.05) is 6.07 Å². The predicted octanol–water partition coefficient (Wildman–Crippen LogP) is 2.69. The lowest BCUT2D eigenvalue weighted by molar-refractivity contribution is -0.123. The number of rotatable bonds is 3. The summed E-state index contributed by atoms with van der Waals surface area (Å²) in [5.74, 6) is -0.443. The maximum Gasteiger partial charge on any atom is 0.229 e. The molecule has 108 valence electrons. The van der Waals surface area contributed by atoms with Crippen molar-refractivity contribution in [2.45, 2.75) is 20.8 Å². The molecule has 2 rings (SSSR count). The van der Waals surface area contributed by atoms with Crippen molar-refractivity contribution < 1.29 is 9.59 Å². The summed E-state index contributed by atoms with van der Waals surface area (Å²) in [7, 11) is 0. The van der Waals surface area contributed by atoms with Gasteiger partial charge in [-0.15, -0.1) is 0 Å². The zero-order valence-corrected chi connectivity index (χ0v) is 12.3. The predicted molar refractivity (Wildman–Crippen MR) is 80.0 cm³/mol. The lowest BCUT2D eigenvalue weighted by Crippen LogP contribution is -2.28. The average Bonchev–Trinajstić information content (AvgIpc) is 2.47. The van der Waals surface area contributed by atoms with Gasteiger partial charge in [-0.3, -0.25) is 9.59 Å². The van der Waals surface area contributed by atoms with Crippen molar-refractivity contribution in [3.05, 3.63) is 54.1 Å². The molecular formula is C16H17N3O2. The van der Waals surface area contributed by atoms with E-state index in [0.29, 0.717) is 11.3 Å². The molecular weight excluding hydrogens is 266 g/mol. The Morgan fingerprint density at radius 2 is 1.76 bits per heavy atom. The van der Waals surface area contributed by atoms with Gasteiger partial charge in [0.2, 0.25) is 11.7 Å². The Morgan fingerprint density at radius 3 is 2.38 bits per heavy atom. The normalized spacial score (nSPS) is 11.0. The van der Waals surface area contributed by atoms with Gasteiger partial charge in [-0.05, 0) is 0 Å². The highest BCUT2D eigenvalue weighted by Gasteiger charge is 2.24. The van der Waals surface area contributed by atoms with Gasteiger partial charge < -0.3 is 5.32 Å². The fourth-order valence-electron chi connectivity index (χ4n) is 1.64. The second-order valence-corrected chi connectivity index (χ2v) is 5.68. The first kappa shape index (κ1) is 14.8. The number of amides is 1. The van der Waals surface area contributed by atoms with Crippen LogP contribution in [0.25, 0.3) is 0 Å². The minimum absolute atomic E-state index is 0.189. The highest BCUT2D eigenvalue weighted by molar-refractivity contribution is 6.12. The Balaban J connectivity index is 2.34. The van der Waals surface area contributed by atoms with Gasteiger partial charge >= 0.3 is 0 Å². The third-order valence-electron chi connectivity index (χ3n) is 2.89. The first-order chi connectivity index (χ1) is 9.89. The molecule has 2 aromatic rings. The van der Waals surface area contributed by atoms with Gasteiger partial charge in [-0.25, -0.2) is 9.97 Å². The lowest BCUT2D eigenvalue weighted by Gasteiger charge is -2.18. The molecule has 0 radical (unpaired) electrons. The minimum Gasteiger partial charge on any atom is -0.322 e. The lowest BCUT2D eigenvalue weighted by atomic mass is 9.95. The van der Waals surface area contributed by atoms with Crippen LogP contribution in [0, 0.1) is 5.41 Å². The smallest absolute Gasteiger partial charge is 0.229 e. The molecule has 1 aromatic heterocycles. The number of nitrogens with one attached hydrogen (secondary N) is 1. The molecule has 0 unspecified atom stereocenters. The molecule has 5 nitrogen and oxygen atoms in total. The molecule has 1 N–H and O–H groups in total. The third-order valence-corrected chi connectivity index (χ3v) is 2.89. The monoisotopic (exact) mass is 283 g/mol. The average molecular weight is 283 g/mol. The Bertz CT molecular complexity index is 661. The molecule has 0 aliphatic carbocycles. The van der Waals surface area contributed by atoms with Crippen molar-refractivity contribution in [1.29, 1.82) is 0 Å². The van der Waals surface area contributed by atoms with Crippen LogP contribution in [0.2, 0.25) is 0 Å². The summed E-state index contributed by atoms with van der Waals surface area (Å²) in [6.45, 7) is 5.39. The van der Waals surface area contributed by atoms with E-state index in [9.17, 15) is 9.59 Å². The highest BCUT2D eigenvalue weighted by atomic mass is 16.2. The summed E-state index contributed by atoms with van der Waals surface area (Å²) in [4.78, 5) is 32.4. The number of nitrogens with zero attached hydrogens (tertiary/aromatic N) is 2. The Labute approximate surface area is 123 Å². The number of carbonyl (C=O) groups excluding carboxylic acids is 2. The van der Waals surface area contributed by atoms with Crippen LogP contribution < -0.4 is 5.32 Å². The number of ketones is 1. The molecule has 0 atom stereocenters. The second kappa shape index (κ2) is 5.83. The fourth-order valence-corrected chi connectivity index (χ4v) is 1.64. The molecule has 1 aromatic carbocycles. The van der Waals surface area contributed by atoms with Gasteiger partial charge in [0, 0.05) is 11.0 Å². The summed E-state index contributed by atoms with van der Waals surface area (Å²) in [6.07, 6.45) is 2.73. The summed E-state index contributed by atoms with van der Waals surface area (Å²) in [5.41, 5.74) is 0.464. The molecule has 0 saturated carbocycles. The van der Waals surface area contributed by atoms with Crippen LogP contribution in [0.15, 0.2) is 42.9 Å². The standard InChI is InChI=1S/C16H17N3O2/c1-16(2,3)15(21)19-12-9-17-10-18-13(12)14(20)11-7-5-4-6-8-11/h4-10H,1-3H3,(H,19,21). The van der Waals surface area contributed by atoms with Crippen LogP contribution in [0.3, 0.4) is 0 Å². The van der Waals surface area contributed by atoms with E-state index in [4.69, 9.17) is 0 Å². The van der Waals surface area contributed by atoms with Crippen molar-refractivity contribution in [3.63, 3.8) is 0 Å². The fraction of sp³-hybridized carbons (Fsp3) is 0.250. The number of hydrogen-bond acceptors (Lipinski definition) is 4. The molecule has 0 aliphatic heterocycles. The van der Waals surface area contributed by atoms with E-state index in [-0.39, 0.29) is 17.4 Å².